The molecule has 2 aromatic rings. The lowest BCUT2D eigenvalue weighted by atomic mass is 9.33. The van der Waals surface area contributed by atoms with Crippen molar-refractivity contribution in [2.45, 2.75) is 105 Å². The van der Waals surface area contributed by atoms with Crippen LogP contribution in [-0.4, -0.2) is 36.3 Å². The molecule has 49 heavy (non-hydrogen) atoms. The Morgan fingerprint density at radius 3 is 2.22 bits per heavy atom. The predicted molar refractivity (Wildman–Crippen MR) is 198 cm³/mol. The molecule has 5 aliphatic carbocycles. The van der Waals surface area contributed by atoms with Crippen LogP contribution in [0, 0.1) is 51.2 Å². The van der Waals surface area contributed by atoms with Crippen LogP contribution < -0.4 is 4.31 Å². The number of pyridine rings is 1. The lowest BCUT2D eigenvalue weighted by Gasteiger charge is -2.72. The number of sulfonamides is 1. The van der Waals surface area contributed by atoms with Gasteiger partial charge in [0.15, 0.2) is 0 Å². The Labute approximate surface area is 294 Å². The number of carboxylic acids is 1. The minimum Gasteiger partial charge on any atom is -0.478 e. The Bertz CT molecular complexity index is 1800. The predicted octanol–water partition coefficient (Wildman–Crippen LogP) is 9.65. The summed E-state index contributed by atoms with van der Waals surface area (Å²) in [7, 11) is -3.59. The number of hydrogen-bond acceptors (Lipinski definition) is 4. The SMILES string of the molecule is C=C(C)[C@@H]1CC[C@]2(N(c3ccccn3)S(C)(=O)=O)CC[C@]3(C)[C@H](CC[C@@H]4[C@@]5(C)CC=C(c6ccc(C(=O)O)cc6)C(C)(C)[C@@H]5CC[C@]43C)[C@@H]12. The van der Waals surface area contributed by atoms with E-state index in [1.807, 2.05) is 30.3 Å². The summed E-state index contributed by atoms with van der Waals surface area (Å²) < 4.78 is 29.5. The van der Waals surface area contributed by atoms with E-state index in [-0.39, 0.29) is 33.5 Å². The molecule has 7 rings (SSSR count). The van der Waals surface area contributed by atoms with Crippen molar-refractivity contribution in [2.75, 3.05) is 10.6 Å². The molecule has 4 fully saturated rings. The quantitative estimate of drug-likeness (QED) is 0.306. The van der Waals surface area contributed by atoms with Gasteiger partial charge >= 0.3 is 5.97 Å². The average Bonchev–Trinajstić information content (AvgIpc) is 3.41. The van der Waals surface area contributed by atoms with E-state index in [9.17, 15) is 18.3 Å². The van der Waals surface area contributed by atoms with Gasteiger partial charge in [0, 0.05) is 6.20 Å². The first-order valence-corrected chi connectivity index (χ1v) is 20.4. The number of benzene rings is 1. The summed E-state index contributed by atoms with van der Waals surface area (Å²) in [5.41, 5.74) is 3.80. The zero-order valence-electron chi connectivity index (χ0n) is 30.6. The molecule has 6 nitrogen and oxygen atoms in total. The Hall–Kier alpha value is -2.93. The molecular weight excluding hydrogens is 629 g/mol. The summed E-state index contributed by atoms with van der Waals surface area (Å²) in [6.45, 7) is 19.3. The third-order valence-electron chi connectivity index (χ3n) is 15.6. The standard InChI is InChI=1S/C42H56N2O4S/c1-27(2)30-18-23-42(44(49(8,47)48)35-11-9-10-26-43-35)25-24-40(6)32(36(30)42)16-17-34-39(5)21-19-31(28-12-14-29(15-13-28)37(45)46)38(3,4)33(39)20-22-41(34,40)7/h9-15,19,26,30,32-34,36H,1,16-18,20-25H2,2-8H3,(H,45,46)/t30-,32+,33-,34+,36+,39-,40+,41+,42-/m0/s1. The molecule has 7 heteroatoms. The highest BCUT2D eigenvalue weighted by Gasteiger charge is 2.72. The molecule has 1 aromatic heterocycles. The van der Waals surface area contributed by atoms with E-state index in [4.69, 9.17) is 0 Å². The zero-order valence-corrected chi connectivity index (χ0v) is 31.4. The maximum atomic E-state index is 13.8. The topological polar surface area (TPSA) is 87.6 Å². The highest BCUT2D eigenvalue weighted by Crippen LogP contribution is 2.77. The second-order valence-electron chi connectivity index (χ2n) is 17.9. The number of nitrogens with zero attached hydrogens (tertiary/aromatic N) is 2. The minimum atomic E-state index is -3.59. The van der Waals surface area contributed by atoms with E-state index in [1.165, 1.54) is 23.8 Å². The van der Waals surface area contributed by atoms with Crippen molar-refractivity contribution in [3.63, 3.8) is 0 Å². The molecule has 0 radical (unpaired) electrons. The van der Waals surface area contributed by atoms with Crippen molar-refractivity contribution in [3.05, 3.63) is 78.0 Å². The van der Waals surface area contributed by atoms with Gasteiger partial charge in [-0.25, -0.2) is 22.5 Å². The molecule has 5 aliphatic rings. The lowest BCUT2D eigenvalue weighted by Crippen LogP contribution is -2.69. The van der Waals surface area contributed by atoms with Crippen molar-refractivity contribution in [2.24, 2.45) is 51.2 Å². The van der Waals surface area contributed by atoms with Crippen LogP contribution in [0.1, 0.15) is 115 Å². The monoisotopic (exact) mass is 684 g/mol. The molecule has 0 aliphatic heterocycles. The van der Waals surface area contributed by atoms with E-state index in [0.717, 1.165) is 56.9 Å². The summed E-state index contributed by atoms with van der Waals surface area (Å²) >= 11 is 0. The van der Waals surface area contributed by atoms with E-state index in [0.29, 0.717) is 29.1 Å². The number of aromatic carboxylic acids is 1. The van der Waals surface area contributed by atoms with Crippen LogP contribution in [0.4, 0.5) is 5.82 Å². The van der Waals surface area contributed by atoms with E-state index < -0.39 is 21.5 Å². The van der Waals surface area contributed by atoms with Gasteiger partial charge in [-0.2, -0.15) is 0 Å². The minimum absolute atomic E-state index is 0.0479. The zero-order chi connectivity index (χ0) is 35.4. The van der Waals surface area contributed by atoms with Crippen LogP contribution >= 0.6 is 0 Å². The Morgan fingerprint density at radius 2 is 1.61 bits per heavy atom. The summed E-state index contributed by atoms with van der Waals surface area (Å²) in [5, 5.41) is 9.48. The van der Waals surface area contributed by atoms with Crippen LogP contribution in [0.5, 0.6) is 0 Å². The maximum Gasteiger partial charge on any atom is 0.335 e. The maximum absolute atomic E-state index is 13.8. The van der Waals surface area contributed by atoms with Gasteiger partial charge in [-0.1, -0.05) is 71.0 Å². The van der Waals surface area contributed by atoms with Gasteiger partial charge in [0.25, 0.3) is 0 Å². The van der Waals surface area contributed by atoms with Crippen LogP contribution in [0.3, 0.4) is 0 Å². The summed E-state index contributed by atoms with van der Waals surface area (Å²) in [6.07, 6.45) is 14.9. The van der Waals surface area contributed by atoms with Gasteiger partial charge < -0.3 is 5.11 Å². The van der Waals surface area contributed by atoms with Gasteiger partial charge in [-0.3, -0.25) is 0 Å². The third-order valence-corrected chi connectivity index (χ3v) is 16.9. The average molecular weight is 685 g/mol. The first-order chi connectivity index (χ1) is 22.9. The molecule has 264 valence electrons. The molecule has 9 atom stereocenters. The van der Waals surface area contributed by atoms with E-state index >= 15 is 0 Å². The van der Waals surface area contributed by atoms with Gasteiger partial charge in [0.05, 0.1) is 17.4 Å². The van der Waals surface area contributed by atoms with E-state index in [1.54, 1.807) is 22.6 Å². The van der Waals surface area contributed by atoms with Gasteiger partial charge in [-0.15, -0.1) is 0 Å². The van der Waals surface area contributed by atoms with Crippen LogP contribution in [0.15, 0.2) is 66.9 Å². The van der Waals surface area contributed by atoms with Crippen LogP contribution in [0.25, 0.3) is 5.57 Å². The van der Waals surface area contributed by atoms with Crippen molar-refractivity contribution < 1.29 is 18.3 Å². The largest absolute Gasteiger partial charge is 0.478 e. The molecule has 1 aromatic carbocycles. The van der Waals surface area contributed by atoms with Crippen molar-refractivity contribution in [1.29, 1.82) is 0 Å². The van der Waals surface area contributed by atoms with Crippen molar-refractivity contribution in [3.8, 4) is 0 Å². The Kier molecular flexibility index (Phi) is 7.95. The Morgan fingerprint density at radius 1 is 0.898 bits per heavy atom. The van der Waals surface area contributed by atoms with Gasteiger partial charge in [-0.05, 0) is 151 Å². The fraction of sp³-hybridized carbons (Fsp3) is 0.619. The summed E-state index contributed by atoms with van der Waals surface area (Å²) in [4.78, 5) is 16.2. The van der Waals surface area contributed by atoms with Crippen LogP contribution in [-0.2, 0) is 10.0 Å². The molecule has 4 saturated carbocycles. The molecule has 0 amide bonds. The lowest BCUT2D eigenvalue weighted by molar-refractivity contribution is -0.217. The normalized spacial score (nSPS) is 39.4. The van der Waals surface area contributed by atoms with Gasteiger partial charge in [0.1, 0.15) is 5.82 Å². The smallest absolute Gasteiger partial charge is 0.335 e. The number of fused-ring (bicyclic) bond motifs is 7. The first kappa shape index (κ1) is 34.5. The molecule has 0 unspecified atom stereocenters. The van der Waals surface area contributed by atoms with Gasteiger partial charge in [0.2, 0.25) is 10.0 Å². The molecule has 0 saturated heterocycles. The van der Waals surface area contributed by atoms with E-state index in [2.05, 4.69) is 59.2 Å². The fourth-order valence-electron chi connectivity index (χ4n) is 13.6. The fourth-order valence-corrected chi connectivity index (χ4v) is 15.0. The second-order valence-corrected chi connectivity index (χ2v) is 19.8. The molecule has 1 N–H and O–H groups in total. The first-order valence-electron chi connectivity index (χ1n) is 18.5. The number of allylic oxidation sites excluding steroid dienone is 3. The van der Waals surface area contributed by atoms with Crippen molar-refractivity contribution in [1.82, 2.24) is 4.98 Å². The Balaban J connectivity index is 1.28. The molecule has 0 spiro atoms. The highest BCUT2D eigenvalue weighted by molar-refractivity contribution is 7.92. The number of carbonyl (C=O) groups is 1. The van der Waals surface area contributed by atoms with Crippen molar-refractivity contribution >= 4 is 27.4 Å². The molecule has 1 heterocycles. The number of carboxylic acid groups (broad SMARTS) is 1. The number of aromatic nitrogens is 1. The summed E-state index contributed by atoms with van der Waals surface area (Å²) in [5.74, 6) is 1.63. The highest BCUT2D eigenvalue weighted by atomic mass is 32.2. The summed E-state index contributed by atoms with van der Waals surface area (Å²) in [6, 6.07) is 13.1. The molecule has 0 bridgehead atoms. The van der Waals surface area contributed by atoms with Crippen LogP contribution in [0.2, 0.25) is 0 Å². The third kappa shape index (κ3) is 4.79. The number of rotatable bonds is 6. The molecular formula is C42H56N2O4S. The number of hydrogen-bond donors (Lipinski definition) is 1. The number of anilines is 1. The second kappa shape index (κ2) is 11.3.